The fourth-order valence-electron chi connectivity index (χ4n) is 1.16. The third-order valence-electron chi connectivity index (χ3n) is 2.16. The minimum atomic E-state index is -0.783. The Morgan fingerprint density at radius 2 is 2.47 bits per heavy atom. The largest absolute Gasteiger partial charge is 0.481 e. The van der Waals surface area contributed by atoms with Gasteiger partial charge in [0.05, 0.1) is 17.1 Å². The highest BCUT2D eigenvalue weighted by molar-refractivity contribution is 7.09. The van der Waals surface area contributed by atoms with Gasteiger partial charge in [-0.15, -0.1) is 11.3 Å². The molecule has 0 bridgehead atoms. The van der Waals surface area contributed by atoms with Gasteiger partial charge in [-0.25, -0.2) is 4.98 Å². The summed E-state index contributed by atoms with van der Waals surface area (Å²) in [4.78, 5) is 14.7. The quantitative estimate of drug-likeness (QED) is 0.772. The van der Waals surface area contributed by atoms with Crippen molar-refractivity contribution in [2.45, 2.75) is 38.6 Å². The molecule has 5 heteroatoms. The zero-order chi connectivity index (χ0) is 11.3. The number of aromatic nitrogens is 1. The molecule has 0 amide bonds. The van der Waals surface area contributed by atoms with Gasteiger partial charge in [-0.2, -0.15) is 0 Å². The molecule has 84 valence electrons. The molecule has 0 spiro atoms. The molecule has 0 aliphatic heterocycles. The minimum Gasteiger partial charge on any atom is -0.481 e. The van der Waals surface area contributed by atoms with Crippen LogP contribution >= 0.6 is 11.3 Å². The van der Waals surface area contributed by atoms with Crippen molar-refractivity contribution in [1.82, 2.24) is 4.98 Å². The van der Waals surface area contributed by atoms with Gasteiger partial charge in [0.2, 0.25) is 0 Å². The summed E-state index contributed by atoms with van der Waals surface area (Å²) in [6.45, 7) is 2.05. The summed E-state index contributed by atoms with van der Waals surface area (Å²) in [6.07, 6.45) is 2.37. The second kappa shape index (κ2) is 5.82. The van der Waals surface area contributed by atoms with Crippen LogP contribution in [0.4, 0.5) is 0 Å². The van der Waals surface area contributed by atoms with Gasteiger partial charge in [-0.1, -0.05) is 6.92 Å². The number of rotatable bonds is 6. The molecule has 3 N–H and O–H groups in total. The van der Waals surface area contributed by atoms with E-state index >= 15 is 0 Å². The van der Waals surface area contributed by atoms with E-state index in [9.17, 15) is 4.79 Å². The Bertz CT molecular complexity index is 325. The molecule has 1 aromatic heterocycles. The first-order chi connectivity index (χ1) is 7.11. The van der Waals surface area contributed by atoms with Crippen LogP contribution < -0.4 is 5.73 Å². The normalized spacial score (nSPS) is 12.7. The van der Waals surface area contributed by atoms with Crippen LogP contribution in [0.15, 0.2) is 5.38 Å². The first kappa shape index (κ1) is 12.1. The van der Waals surface area contributed by atoms with Gasteiger partial charge in [0.15, 0.2) is 0 Å². The van der Waals surface area contributed by atoms with Crippen molar-refractivity contribution in [2.75, 3.05) is 0 Å². The van der Waals surface area contributed by atoms with Crippen LogP contribution in [0.3, 0.4) is 0 Å². The van der Waals surface area contributed by atoms with Gasteiger partial charge in [-0.3, -0.25) is 4.79 Å². The molecule has 1 atom stereocenters. The number of carbonyl (C=O) groups is 1. The Morgan fingerprint density at radius 1 is 1.73 bits per heavy atom. The maximum atomic E-state index is 10.4. The lowest BCUT2D eigenvalue weighted by Crippen LogP contribution is -2.21. The van der Waals surface area contributed by atoms with E-state index in [-0.39, 0.29) is 12.5 Å². The lowest BCUT2D eigenvalue weighted by atomic mass is 10.2. The topological polar surface area (TPSA) is 76.2 Å². The molecule has 0 aromatic carbocycles. The molecule has 0 saturated carbocycles. The van der Waals surface area contributed by atoms with Gasteiger partial charge in [0.25, 0.3) is 0 Å². The summed E-state index contributed by atoms with van der Waals surface area (Å²) in [7, 11) is 0. The van der Waals surface area contributed by atoms with Crippen molar-refractivity contribution in [2.24, 2.45) is 5.73 Å². The number of thiazole rings is 1. The maximum Gasteiger partial charge on any atom is 0.303 e. The molecule has 0 aliphatic carbocycles. The van der Waals surface area contributed by atoms with E-state index in [1.807, 2.05) is 12.3 Å². The zero-order valence-corrected chi connectivity index (χ0v) is 9.59. The number of nitrogens with zero attached hydrogens (tertiary/aromatic N) is 1. The fourth-order valence-corrected chi connectivity index (χ4v) is 2.08. The second-order valence-electron chi connectivity index (χ2n) is 3.50. The van der Waals surface area contributed by atoms with Gasteiger partial charge < -0.3 is 10.8 Å². The molecule has 4 nitrogen and oxygen atoms in total. The Hall–Kier alpha value is -0.940. The third-order valence-corrected chi connectivity index (χ3v) is 3.08. The molecule has 1 aromatic rings. The van der Waals surface area contributed by atoms with E-state index < -0.39 is 5.97 Å². The summed E-state index contributed by atoms with van der Waals surface area (Å²) in [5.74, 6) is -0.783. The number of hydrogen-bond acceptors (Lipinski definition) is 4. The smallest absolute Gasteiger partial charge is 0.303 e. The highest BCUT2D eigenvalue weighted by atomic mass is 32.1. The summed E-state index contributed by atoms with van der Waals surface area (Å²) in [5.41, 5.74) is 6.67. The van der Waals surface area contributed by atoms with Crippen molar-refractivity contribution in [3.63, 3.8) is 0 Å². The lowest BCUT2D eigenvalue weighted by molar-refractivity contribution is -0.136. The summed E-state index contributed by atoms with van der Waals surface area (Å²) < 4.78 is 0. The Kier molecular flexibility index (Phi) is 4.71. The Labute approximate surface area is 93.1 Å². The van der Waals surface area contributed by atoms with Crippen LogP contribution in [-0.4, -0.2) is 22.1 Å². The monoisotopic (exact) mass is 228 g/mol. The lowest BCUT2D eigenvalue weighted by Gasteiger charge is -2.04. The summed E-state index contributed by atoms with van der Waals surface area (Å²) in [5, 5.41) is 11.4. The first-order valence-electron chi connectivity index (χ1n) is 5.02. The Morgan fingerprint density at radius 3 is 3.07 bits per heavy atom. The number of aryl methyl sites for hydroxylation is 1. The van der Waals surface area contributed by atoms with Crippen LogP contribution in [-0.2, 0) is 17.6 Å². The zero-order valence-electron chi connectivity index (χ0n) is 8.77. The van der Waals surface area contributed by atoms with E-state index in [0.717, 1.165) is 23.5 Å². The summed E-state index contributed by atoms with van der Waals surface area (Å²) in [6, 6.07) is 0.156. The molecular weight excluding hydrogens is 212 g/mol. The predicted molar refractivity (Wildman–Crippen MR) is 60.0 cm³/mol. The third kappa shape index (κ3) is 4.40. The second-order valence-corrected chi connectivity index (χ2v) is 4.44. The molecule has 0 saturated heterocycles. The standard InChI is InChI=1S/C10H16N2O2S/c1-2-7(11)5-9-12-8(6-15-9)3-4-10(13)14/h6-7H,2-5,11H2,1H3,(H,13,14). The number of carboxylic acid groups (broad SMARTS) is 1. The molecule has 15 heavy (non-hydrogen) atoms. The van der Waals surface area contributed by atoms with E-state index in [0.29, 0.717) is 6.42 Å². The van der Waals surface area contributed by atoms with Gasteiger partial charge >= 0.3 is 5.97 Å². The Balaban J connectivity index is 2.45. The summed E-state index contributed by atoms with van der Waals surface area (Å²) >= 11 is 1.56. The van der Waals surface area contributed by atoms with Gasteiger partial charge in [0, 0.05) is 24.3 Å². The molecule has 1 heterocycles. The van der Waals surface area contributed by atoms with Crippen molar-refractivity contribution >= 4 is 17.3 Å². The number of hydrogen-bond donors (Lipinski definition) is 2. The van der Waals surface area contributed by atoms with Crippen LogP contribution in [0, 0.1) is 0 Å². The van der Waals surface area contributed by atoms with Crippen molar-refractivity contribution in [1.29, 1.82) is 0 Å². The maximum absolute atomic E-state index is 10.4. The molecular formula is C10H16N2O2S. The number of nitrogens with two attached hydrogens (primary N) is 1. The van der Waals surface area contributed by atoms with Gasteiger partial charge in [0.1, 0.15) is 0 Å². The van der Waals surface area contributed by atoms with E-state index in [4.69, 9.17) is 10.8 Å². The van der Waals surface area contributed by atoms with Crippen molar-refractivity contribution in [3.8, 4) is 0 Å². The van der Waals surface area contributed by atoms with Crippen LogP contribution in [0.25, 0.3) is 0 Å². The highest BCUT2D eigenvalue weighted by Crippen LogP contribution is 2.13. The van der Waals surface area contributed by atoms with E-state index in [1.54, 1.807) is 11.3 Å². The average Bonchev–Trinajstić information content (AvgIpc) is 2.62. The van der Waals surface area contributed by atoms with Crippen molar-refractivity contribution < 1.29 is 9.90 Å². The molecule has 1 unspecified atom stereocenters. The van der Waals surface area contributed by atoms with Crippen LogP contribution in [0.1, 0.15) is 30.5 Å². The molecule has 0 fully saturated rings. The molecule has 1 rings (SSSR count). The fraction of sp³-hybridized carbons (Fsp3) is 0.600. The van der Waals surface area contributed by atoms with E-state index in [2.05, 4.69) is 4.98 Å². The van der Waals surface area contributed by atoms with Crippen molar-refractivity contribution in [3.05, 3.63) is 16.1 Å². The highest BCUT2D eigenvalue weighted by Gasteiger charge is 2.07. The van der Waals surface area contributed by atoms with Crippen LogP contribution in [0.5, 0.6) is 0 Å². The first-order valence-corrected chi connectivity index (χ1v) is 5.90. The molecule has 0 aliphatic rings. The SMILES string of the molecule is CCC(N)Cc1nc(CCC(=O)O)cs1. The van der Waals surface area contributed by atoms with E-state index in [1.165, 1.54) is 0 Å². The van der Waals surface area contributed by atoms with Crippen LogP contribution in [0.2, 0.25) is 0 Å². The number of aliphatic carboxylic acids is 1. The predicted octanol–water partition coefficient (Wildman–Crippen LogP) is 1.44. The molecule has 0 radical (unpaired) electrons. The average molecular weight is 228 g/mol. The van der Waals surface area contributed by atoms with Gasteiger partial charge in [-0.05, 0) is 6.42 Å². The number of carboxylic acids is 1. The minimum absolute atomic E-state index is 0.142.